The van der Waals surface area contributed by atoms with Crippen LogP contribution in [0.4, 0.5) is 56.9 Å². The summed E-state index contributed by atoms with van der Waals surface area (Å²) in [5.74, 6) is 0. The lowest BCUT2D eigenvalue weighted by Gasteiger charge is -2.39. The predicted octanol–water partition coefficient (Wildman–Crippen LogP) is 18.4. The van der Waals surface area contributed by atoms with Crippen molar-refractivity contribution in [2.24, 2.45) is 0 Å². The van der Waals surface area contributed by atoms with E-state index in [0.29, 0.717) is 0 Å². The van der Waals surface area contributed by atoms with Crippen LogP contribution in [0.3, 0.4) is 0 Å². The van der Waals surface area contributed by atoms with Gasteiger partial charge in [-0.15, -0.1) is 0 Å². The zero-order chi connectivity index (χ0) is 46.5. The smallest absolute Gasteiger partial charge is 0.0699 e. The van der Waals surface area contributed by atoms with E-state index in [4.69, 9.17) is 0 Å². The standard InChI is InChI=1S/C66H46N4/c1-67-57-28-7-11-32-61(57)69(62-33-12-8-29-58(62)67)47-37-39-54-55(41-47)65(46-23-15-22-45(40-46)51-26-16-20-43-18-3-5-24-49(43)51)53-38-36-48(42-56(53)66(54)52-27-17-21-44-19-4-6-25-50(44)52)70-63-34-13-9-30-59(63)68(2)60-31-10-14-35-64(60)70/h3-42H,1-2H3. The second-order valence-corrected chi connectivity index (χ2v) is 18.6. The highest BCUT2D eigenvalue weighted by Crippen LogP contribution is 2.55. The third-order valence-electron chi connectivity index (χ3n) is 14.8. The Bertz CT molecular complexity index is 3990. The first-order chi connectivity index (χ1) is 34.6. The van der Waals surface area contributed by atoms with Crippen molar-refractivity contribution in [2.45, 2.75) is 0 Å². The van der Waals surface area contributed by atoms with E-state index >= 15 is 0 Å². The molecule has 0 atom stereocenters. The van der Waals surface area contributed by atoms with Gasteiger partial charge in [0.05, 0.1) is 45.5 Å². The molecule has 2 aliphatic heterocycles. The molecule has 70 heavy (non-hydrogen) atoms. The molecule has 0 N–H and O–H groups in total. The van der Waals surface area contributed by atoms with Crippen molar-refractivity contribution in [3.05, 3.63) is 243 Å². The molecule has 0 unspecified atom stereocenters. The average Bonchev–Trinajstić information content (AvgIpc) is 3.42. The van der Waals surface area contributed by atoms with Gasteiger partial charge in [0.2, 0.25) is 0 Å². The van der Waals surface area contributed by atoms with Crippen LogP contribution in [0.1, 0.15) is 0 Å². The van der Waals surface area contributed by atoms with Crippen LogP contribution < -0.4 is 19.6 Å². The molecule has 4 heteroatoms. The minimum atomic E-state index is 1.11. The van der Waals surface area contributed by atoms with Gasteiger partial charge in [0.25, 0.3) is 0 Å². The Labute approximate surface area is 407 Å². The van der Waals surface area contributed by atoms with E-state index in [0.717, 1.165) is 34.1 Å². The molecule has 330 valence electrons. The minimum Gasteiger partial charge on any atom is -0.341 e. The lowest BCUT2D eigenvalue weighted by molar-refractivity contribution is 1.13. The maximum absolute atomic E-state index is 2.46. The fourth-order valence-corrected chi connectivity index (χ4v) is 11.7. The Kier molecular flexibility index (Phi) is 8.99. The van der Waals surface area contributed by atoms with E-state index in [2.05, 4.69) is 276 Å². The fraction of sp³-hybridized carbons (Fsp3) is 0.0303. The number of rotatable bonds is 5. The lowest BCUT2D eigenvalue weighted by Crippen LogP contribution is -2.24. The van der Waals surface area contributed by atoms with E-state index in [-0.39, 0.29) is 0 Å². The Morgan fingerprint density at radius 3 is 1.13 bits per heavy atom. The van der Waals surface area contributed by atoms with Crippen LogP contribution in [0, 0.1) is 0 Å². The molecular formula is C66H46N4. The SMILES string of the molecule is CN1c2ccccc2N(c2ccc3c(-c4cccc5ccccc45)c4cc(N5c6ccccc6N(C)c6ccccc65)ccc4c(-c4cccc(-c5cccc6ccccc56)c4)c3c2)c2ccccc21. The summed E-state index contributed by atoms with van der Waals surface area (Å²) in [5.41, 5.74) is 18.7. The van der Waals surface area contributed by atoms with Gasteiger partial charge in [0, 0.05) is 25.5 Å². The summed E-state index contributed by atoms with van der Waals surface area (Å²) in [6.45, 7) is 0. The number of fused-ring (bicyclic) bond motifs is 8. The summed E-state index contributed by atoms with van der Waals surface area (Å²) >= 11 is 0. The number of anilines is 10. The molecule has 14 rings (SSSR count). The zero-order valence-electron chi connectivity index (χ0n) is 38.9. The molecule has 0 saturated heterocycles. The molecule has 2 aliphatic rings. The van der Waals surface area contributed by atoms with Gasteiger partial charge < -0.3 is 19.6 Å². The second-order valence-electron chi connectivity index (χ2n) is 18.6. The van der Waals surface area contributed by atoms with E-state index in [1.54, 1.807) is 0 Å². The van der Waals surface area contributed by atoms with Gasteiger partial charge in [-0.25, -0.2) is 0 Å². The fourth-order valence-electron chi connectivity index (χ4n) is 11.7. The van der Waals surface area contributed by atoms with Crippen LogP contribution >= 0.6 is 0 Å². The predicted molar refractivity (Wildman–Crippen MR) is 298 cm³/mol. The number of nitrogens with zero attached hydrogens (tertiary/aromatic N) is 4. The molecule has 0 bridgehead atoms. The van der Waals surface area contributed by atoms with E-state index in [1.165, 1.54) is 99.2 Å². The summed E-state index contributed by atoms with van der Waals surface area (Å²) in [7, 11) is 4.35. The van der Waals surface area contributed by atoms with E-state index in [9.17, 15) is 0 Å². The molecule has 0 aromatic heterocycles. The van der Waals surface area contributed by atoms with Crippen molar-refractivity contribution < 1.29 is 0 Å². The summed E-state index contributed by atoms with van der Waals surface area (Å²) in [5, 5.41) is 9.71. The summed E-state index contributed by atoms with van der Waals surface area (Å²) in [6, 6.07) is 89.7. The quantitative estimate of drug-likeness (QED) is 0.160. The Morgan fingerprint density at radius 2 is 0.614 bits per heavy atom. The normalized spacial score (nSPS) is 12.9. The Hall–Kier alpha value is -9.12. The van der Waals surface area contributed by atoms with Gasteiger partial charge in [0.15, 0.2) is 0 Å². The van der Waals surface area contributed by atoms with Crippen molar-refractivity contribution in [3.63, 3.8) is 0 Å². The highest BCUT2D eigenvalue weighted by molar-refractivity contribution is 6.25. The number of hydrogen-bond acceptors (Lipinski definition) is 4. The first-order valence-electron chi connectivity index (χ1n) is 24.1. The highest BCUT2D eigenvalue weighted by Gasteiger charge is 2.30. The lowest BCUT2D eigenvalue weighted by atomic mass is 9.83. The molecule has 0 radical (unpaired) electrons. The first-order valence-corrected chi connectivity index (χ1v) is 24.1. The summed E-state index contributed by atoms with van der Waals surface area (Å²) in [4.78, 5) is 9.53. The Morgan fingerprint density at radius 1 is 0.243 bits per heavy atom. The van der Waals surface area contributed by atoms with E-state index < -0.39 is 0 Å². The number of hydrogen-bond donors (Lipinski definition) is 0. The van der Waals surface area contributed by atoms with Crippen molar-refractivity contribution in [1.82, 2.24) is 0 Å². The monoisotopic (exact) mass is 894 g/mol. The van der Waals surface area contributed by atoms with Gasteiger partial charge in [0.1, 0.15) is 0 Å². The molecule has 0 saturated carbocycles. The van der Waals surface area contributed by atoms with Crippen molar-refractivity contribution in [1.29, 1.82) is 0 Å². The van der Waals surface area contributed by atoms with Crippen LogP contribution in [0.5, 0.6) is 0 Å². The van der Waals surface area contributed by atoms with Gasteiger partial charge in [-0.1, -0.05) is 164 Å². The Balaban J connectivity index is 1.11. The van der Waals surface area contributed by atoms with Crippen molar-refractivity contribution in [2.75, 3.05) is 33.7 Å². The van der Waals surface area contributed by atoms with Crippen LogP contribution in [-0.2, 0) is 0 Å². The molecule has 0 amide bonds. The van der Waals surface area contributed by atoms with Crippen molar-refractivity contribution in [3.8, 4) is 33.4 Å². The molecule has 2 heterocycles. The highest BCUT2D eigenvalue weighted by atomic mass is 15.3. The van der Waals surface area contributed by atoms with Crippen LogP contribution in [0.2, 0.25) is 0 Å². The van der Waals surface area contributed by atoms with Gasteiger partial charge in [-0.2, -0.15) is 0 Å². The molecule has 0 aliphatic carbocycles. The van der Waals surface area contributed by atoms with Gasteiger partial charge >= 0.3 is 0 Å². The number of benzene rings is 12. The molecule has 12 aromatic carbocycles. The van der Waals surface area contributed by atoms with Crippen molar-refractivity contribution >= 4 is 100.0 Å². The first kappa shape index (κ1) is 40.0. The molecular weight excluding hydrogens is 849 g/mol. The van der Waals surface area contributed by atoms with Gasteiger partial charge in [-0.3, -0.25) is 0 Å². The largest absolute Gasteiger partial charge is 0.341 e. The summed E-state index contributed by atoms with van der Waals surface area (Å²) < 4.78 is 0. The third kappa shape index (κ3) is 6.03. The topological polar surface area (TPSA) is 13.0 Å². The molecule has 0 spiro atoms. The number of para-hydroxylation sites is 8. The van der Waals surface area contributed by atoms with E-state index in [1.807, 2.05) is 0 Å². The van der Waals surface area contributed by atoms with Crippen LogP contribution in [0.15, 0.2) is 243 Å². The van der Waals surface area contributed by atoms with Crippen LogP contribution in [0.25, 0.3) is 76.5 Å². The molecule has 4 nitrogen and oxygen atoms in total. The maximum Gasteiger partial charge on any atom is 0.0699 e. The molecule has 12 aromatic rings. The maximum atomic E-state index is 2.46. The third-order valence-corrected chi connectivity index (χ3v) is 14.8. The molecule has 0 fully saturated rings. The minimum absolute atomic E-state index is 1.11. The van der Waals surface area contributed by atoms with Gasteiger partial charge in [-0.05, 0) is 155 Å². The summed E-state index contributed by atoms with van der Waals surface area (Å²) in [6.07, 6.45) is 0. The average molecular weight is 895 g/mol. The second kappa shape index (κ2) is 15.7. The zero-order valence-corrected chi connectivity index (χ0v) is 38.9. The van der Waals surface area contributed by atoms with Crippen LogP contribution in [-0.4, -0.2) is 14.1 Å².